The predicted molar refractivity (Wildman–Crippen MR) is 67.6 cm³/mol. The van der Waals surface area contributed by atoms with Gasteiger partial charge in [0.15, 0.2) is 5.69 Å². The number of likely N-dealkylation sites (N-methyl/N-ethyl adjacent to an activating group) is 1. The lowest BCUT2D eigenvalue weighted by molar-refractivity contribution is -0.141. The molecule has 1 aliphatic rings. The van der Waals surface area contributed by atoms with E-state index >= 15 is 0 Å². The Kier molecular flexibility index (Phi) is 3.84. The second-order valence-electron chi connectivity index (χ2n) is 4.56. The zero-order valence-corrected chi connectivity index (χ0v) is 11.4. The standard InChI is InChI=1S/C12H18N4O3/c1-15(7-10(17)19-3)12(18)11-8-6-13-5-4-9(8)16(2)14-11/h13H,4-7H2,1-3H3. The molecule has 1 aromatic rings. The fraction of sp³-hybridized carbons (Fsp3) is 0.583. The number of esters is 1. The lowest BCUT2D eigenvalue weighted by atomic mass is 10.1. The highest BCUT2D eigenvalue weighted by Gasteiger charge is 2.26. The molecule has 0 aromatic carbocycles. The first-order chi connectivity index (χ1) is 9.04. The van der Waals surface area contributed by atoms with Crippen molar-refractivity contribution in [1.29, 1.82) is 0 Å². The summed E-state index contributed by atoms with van der Waals surface area (Å²) in [5.41, 5.74) is 2.42. The van der Waals surface area contributed by atoms with Gasteiger partial charge in [-0.15, -0.1) is 0 Å². The zero-order valence-electron chi connectivity index (χ0n) is 11.4. The molecule has 7 nitrogen and oxygen atoms in total. The second-order valence-corrected chi connectivity index (χ2v) is 4.56. The number of aromatic nitrogens is 2. The highest BCUT2D eigenvalue weighted by molar-refractivity contribution is 5.95. The Morgan fingerprint density at radius 1 is 1.53 bits per heavy atom. The van der Waals surface area contributed by atoms with Crippen LogP contribution < -0.4 is 5.32 Å². The third-order valence-corrected chi connectivity index (χ3v) is 3.26. The van der Waals surface area contributed by atoms with Gasteiger partial charge in [0.1, 0.15) is 6.54 Å². The third kappa shape index (κ3) is 2.60. The summed E-state index contributed by atoms with van der Waals surface area (Å²) in [5.74, 6) is -0.704. The molecule has 0 spiro atoms. The molecule has 2 heterocycles. The fourth-order valence-electron chi connectivity index (χ4n) is 2.20. The quantitative estimate of drug-likeness (QED) is 0.733. The van der Waals surface area contributed by atoms with E-state index < -0.39 is 5.97 Å². The van der Waals surface area contributed by atoms with Crippen molar-refractivity contribution in [3.05, 3.63) is 17.0 Å². The Hall–Kier alpha value is -1.89. The largest absolute Gasteiger partial charge is 0.468 e. The number of amides is 1. The molecule has 0 atom stereocenters. The normalized spacial score (nSPS) is 13.8. The predicted octanol–water partition coefficient (Wildman–Crippen LogP) is -0.689. The highest BCUT2D eigenvalue weighted by Crippen LogP contribution is 2.18. The van der Waals surface area contributed by atoms with E-state index in [-0.39, 0.29) is 12.5 Å². The van der Waals surface area contributed by atoms with Crippen molar-refractivity contribution in [2.45, 2.75) is 13.0 Å². The molecule has 7 heteroatoms. The number of hydrogen-bond donors (Lipinski definition) is 1. The van der Waals surface area contributed by atoms with Gasteiger partial charge in [0.05, 0.1) is 7.11 Å². The summed E-state index contributed by atoms with van der Waals surface area (Å²) in [6.45, 7) is 1.45. The number of fused-ring (bicyclic) bond motifs is 1. The monoisotopic (exact) mass is 266 g/mol. The number of carbonyl (C=O) groups excluding carboxylic acids is 2. The van der Waals surface area contributed by atoms with Crippen molar-refractivity contribution in [3.63, 3.8) is 0 Å². The van der Waals surface area contributed by atoms with Crippen LogP contribution in [0.2, 0.25) is 0 Å². The molecule has 1 aliphatic heterocycles. The maximum Gasteiger partial charge on any atom is 0.325 e. The molecule has 0 fully saturated rings. The van der Waals surface area contributed by atoms with Crippen LogP contribution in [0, 0.1) is 0 Å². The molecular formula is C12H18N4O3. The Bertz CT molecular complexity index is 509. The molecule has 104 valence electrons. The van der Waals surface area contributed by atoms with Crippen molar-refractivity contribution in [3.8, 4) is 0 Å². The van der Waals surface area contributed by atoms with E-state index in [1.54, 1.807) is 11.7 Å². The first kappa shape index (κ1) is 13.5. The lowest BCUT2D eigenvalue weighted by Crippen LogP contribution is -2.34. The molecule has 0 saturated heterocycles. The van der Waals surface area contributed by atoms with E-state index in [2.05, 4.69) is 15.2 Å². The van der Waals surface area contributed by atoms with Gasteiger partial charge < -0.3 is 15.0 Å². The summed E-state index contributed by atoms with van der Waals surface area (Å²) in [6.07, 6.45) is 0.854. The summed E-state index contributed by atoms with van der Waals surface area (Å²) >= 11 is 0. The molecule has 1 amide bonds. The molecular weight excluding hydrogens is 248 g/mol. The molecule has 1 N–H and O–H groups in total. The van der Waals surface area contributed by atoms with Crippen LogP contribution in [0.4, 0.5) is 0 Å². The number of rotatable bonds is 3. The van der Waals surface area contributed by atoms with E-state index in [1.807, 2.05) is 7.05 Å². The first-order valence-corrected chi connectivity index (χ1v) is 6.12. The van der Waals surface area contributed by atoms with Crippen LogP contribution in [0.15, 0.2) is 0 Å². The molecule has 2 rings (SSSR count). The molecule has 0 aliphatic carbocycles. The molecule has 1 aromatic heterocycles. The van der Waals surface area contributed by atoms with Gasteiger partial charge in [-0.1, -0.05) is 0 Å². The van der Waals surface area contributed by atoms with Crippen molar-refractivity contribution < 1.29 is 14.3 Å². The van der Waals surface area contributed by atoms with Crippen LogP contribution in [0.25, 0.3) is 0 Å². The van der Waals surface area contributed by atoms with Crippen molar-refractivity contribution in [2.24, 2.45) is 7.05 Å². The van der Waals surface area contributed by atoms with Gasteiger partial charge in [0.2, 0.25) is 0 Å². The summed E-state index contributed by atoms with van der Waals surface area (Å²) in [4.78, 5) is 24.8. The van der Waals surface area contributed by atoms with Crippen molar-refractivity contribution in [1.82, 2.24) is 20.0 Å². The first-order valence-electron chi connectivity index (χ1n) is 6.12. The smallest absolute Gasteiger partial charge is 0.325 e. The second kappa shape index (κ2) is 5.40. The lowest BCUT2D eigenvalue weighted by Gasteiger charge is -2.17. The van der Waals surface area contributed by atoms with Gasteiger partial charge in [-0.3, -0.25) is 14.3 Å². The summed E-state index contributed by atoms with van der Waals surface area (Å²) in [5, 5.41) is 7.50. The zero-order chi connectivity index (χ0) is 14.0. The number of methoxy groups -OCH3 is 1. The SMILES string of the molecule is COC(=O)CN(C)C(=O)c1nn(C)c2c1CNCC2. The van der Waals surface area contributed by atoms with E-state index in [1.165, 1.54) is 12.0 Å². The number of carbonyl (C=O) groups is 2. The number of aryl methyl sites for hydroxylation is 1. The maximum absolute atomic E-state index is 12.3. The van der Waals surface area contributed by atoms with Crippen LogP contribution in [0.3, 0.4) is 0 Å². The van der Waals surface area contributed by atoms with E-state index in [9.17, 15) is 9.59 Å². The van der Waals surface area contributed by atoms with Gasteiger partial charge in [0, 0.05) is 44.9 Å². The molecule has 0 unspecified atom stereocenters. The minimum atomic E-state index is -0.446. The van der Waals surface area contributed by atoms with Crippen LogP contribution in [0.1, 0.15) is 21.7 Å². The van der Waals surface area contributed by atoms with Crippen LogP contribution in [-0.2, 0) is 29.5 Å². The topological polar surface area (TPSA) is 76.5 Å². The summed E-state index contributed by atoms with van der Waals surface area (Å²) in [6, 6.07) is 0. The molecule has 19 heavy (non-hydrogen) atoms. The van der Waals surface area contributed by atoms with Gasteiger partial charge in [-0.25, -0.2) is 0 Å². The van der Waals surface area contributed by atoms with E-state index in [4.69, 9.17) is 0 Å². The van der Waals surface area contributed by atoms with Crippen LogP contribution in [-0.4, -0.2) is 53.8 Å². The average Bonchev–Trinajstić information content (AvgIpc) is 2.75. The van der Waals surface area contributed by atoms with E-state index in [0.717, 1.165) is 24.2 Å². The Labute approximate surface area is 111 Å². The Morgan fingerprint density at radius 2 is 2.26 bits per heavy atom. The van der Waals surface area contributed by atoms with E-state index in [0.29, 0.717) is 12.2 Å². The highest BCUT2D eigenvalue weighted by atomic mass is 16.5. The Balaban J connectivity index is 2.22. The number of ether oxygens (including phenoxy) is 1. The van der Waals surface area contributed by atoms with Crippen molar-refractivity contribution in [2.75, 3.05) is 27.2 Å². The number of nitrogens with one attached hydrogen (secondary N) is 1. The van der Waals surface area contributed by atoms with Gasteiger partial charge in [-0.2, -0.15) is 5.10 Å². The summed E-state index contributed by atoms with van der Waals surface area (Å²) < 4.78 is 6.30. The minimum Gasteiger partial charge on any atom is -0.468 e. The summed E-state index contributed by atoms with van der Waals surface area (Å²) in [7, 11) is 4.70. The fourth-order valence-corrected chi connectivity index (χ4v) is 2.20. The maximum atomic E-state index is 12.3. The molecule has 0 saturated carbocycles. The van der Waals surface area contributed by atoms with Gasteiger partial charge in [0.25, 0.3) is 5.91 Å². The molecule has 0 bridgehead atoms. The number of hydrogen-bond acceptors (Lipinski definition) is 5. The van der Waals surface area contributed by atoms with Crippen LogP contribution >= 0.6 is 0 Å². The average molecular weight is 266 g/mol. The van der Waals surface area contributed by atoms with Gasteiger partial charge in [-0.05, 0) is 0 Å². The van der Waals surface area contributed by atoms with Crippen LogP contribution in [0.5, 0.6) is 0 Å². The van der Waals surface area contributed by atoms with Gasteiger partial charge >= 0.3 is 5.97 Å². The third-order valence-electron chi connectivity index (χ3n) is 3.26. The van der Waals surface area contributed by atoms with Crippen molar-refractivity contribution >= 4 is 11.9 Å². The Morgan fingerprint density at radius 3 is 2.95 bits per heavy atom. The minimum absolute atomic E-state index is 0.0753. The molecule has 0 radical (unpaired) electrons. The number of nitrogens with zero attached hydrogens (tertiary/aromatic N) is 3.